The van der Waals surface area contributed by atoms with Gasteiger partial charge in [-0.05, 0) is 31.4 Å². The molecule has 1 fully saturated rings. The lowest BCUT2D eigenvalue weighted by Crippen LogP contribution is -2.42. The highest BCUT2D eigenvalue weighted by Crippen LogP contribution is 2.27. The zero-order valence-corrected chi connectivity index (χ0v) is 13.6. The Morgan fingerprint density at radius 2 is 1.91 bits per heavy atom. The second kappa shape index (κ2) is 7.51. The largest absolute Gasteiger partial charge is 0.378 e. The molecule has 1 atom stereocenters. The van der Waals surface area contributed by atoms with E-state index in [4.69, 9.17) is 4.74 Å². The summed E-state index contributed by atoms with van der Waals surface area (Å²) in [5.74, 6) is 0. The van der Waals surface area contributed by atoms with Gasteiger partial charge in [-0.3, -0.25) is 0 Å². The molecule has 1 aromatic carbocycles. The standard InChI is InChI=1S/C18H25N3O2/c1-14(19-18(22)20-15-6-2-3-7-15)16-8-4-5-9-17(16)21-10-12-23-13-11-21/h2-5,8-9,14-15H,6-7,10-13H2,1H3,(H2,19,20,22)/t14-/m1/s1. The van der Waals surface area contributed by atoms with Crippen LogP contribution in [-0.4, -0.2) is 38.4 Å². The third-order valence-corrected chi connectivity index (χ3v) is 4.45. The van der Waals surface area contributed by atoms with Gasteiger partial charge >= 0.3 is 6.03 Å². The highest BCUT2D eigenvalue weighted by atomic mass is 16.5. The van der Waals surface area contributed by atoms with E-state index in [-0.39, 0.29) is 18.1 Å². The predicted molar refractivity (Wildman–Crippen MR) is 91.7 cm³/mol. The Bertz CT molecular complexity index is 559. The minimum atomic E-state index is -0.0945. The summed E-state index contributed by atoms with van der Waals surface area (Å²) < 4.78 is 5.43. The van der Waals surface area contributed by atoms with Crippen molar-refractivity contribution in [2.24, 2.45) is 0 Å². The van der Waals surface area contributed by atoms with Crippen molar-refractivity contribution < 1.29 is 9.53 Å². The van der Waals surface area contributed by atoms with Gasteiger partial charge < -0.3 is 20.3 Å². The number of carbonyl (C=O) groups is 1. The van der Waals surface area contributed by atoms with E-state index in [1.807, 2.05) is 19.1 Å². The molecule has 1 heterocycles. The number of rotatable bonds is 4. The molecule has 1 aliphatic heterocycles. The molecule has 2 amide bonds. The number of carbonyl (C=O) groups excluding carboxylic acids is 1. The third-order valence-electron chi connectivity index (χ3n) is 4.45. The zero-order chi connectivity index (χ0) is 16.1. The first-order valence-electron chi connectivity index (χ1n) is 8.37. The lowest BCUT2D eigenvalue weighted by atomic mass is 10.0. The first-order chi connectivity index (χ1) is 11.2. The first-order valence-corrected chi connectivity index (χ1v) is 8.37. The minimum absolute atomic E-state index is 0.0385. The summed E-state index contributed by atoms with van der Waals surface area (Å²) in [6, 6.07) is 8.38. The summed E-state index contributed by atoms with van der Waals surface area (Å²) in [6.07, 6.45) is 6.07. The molecule has 0 radical (unpaired) electrons. The van der Waals surface area contributed by atoms with Crippen LogP contribution in [0, 0.1) is 0 Å². The Balaban J connectivity index is 1.64. The molecule has 0 aromatic heterocycles. The quantitative estimate of drug-likeness (QED) is 0.840. The molecule has 0 bridgehead atoms. The number of benzene rings is 1. The first kappa shape index (κ1) is 15.9. The second-order valence-electron chi connectivity index (χ2n) is 6.14. The number of urea groups is 1. The number of morpholine rings is 1. The van der Waals surface area contributed by atoms with Crippen LogP contribution in [0.5, 0.6) is 0 Å². The van der Waals surface area contributed by atoms with E-state index in [2.05, 4.69) is 39.8 Å². The number of amides is 2. The number of para-hydroxylation sites is 1. The Hall–Kier alpha value is -2.01. The van der Waals surface area contributed by atoms with E-state index in [1.165, 1.54) is 5.69 Å². The molecular formula is C18H25N3O2. The van der Waals surface area contributed by atoms with Crippen molar-refractivity contribution in [2.45, 2.75) is 31.8 Å². The van der Waals surface area contributed by atoms with Crippen LogP contribution in [0.1, 0.15) is 31.4 Å². The van der Waals surface area contributed by atoms with Crippen LogP contribution in [0.15, 0.2) is 36.4 Å². The fourth-order valence-electron chi connectivity index (χ4n) is 3.18. The number of nitrogens with zero attached hydrogens (tertiary/aromatic N) is 1. The number of hydrogen-bond acceptors (Lipinski definition) is 3. The van der Waals surface area contributed by atoms with Gasteiger partial charge in [0.05, 0.1) is 19.3 Å². The van der Waals surface area contributed by atoms with Gasteiger partial charge in [0.2, 0.25) is 0 Å². The molecule has 124 valence electrons. The summed E-state index contributed by atoms with van der Waals surface area (Å²) in [5, 5.41) is 6.10. The maximum atomic E-state index is 12.2. The normalized spacial score (nSPS) is 19.6. The smallest absolute Gasteiger partial charge is 0.315 e. The van der Waals surface area contributed by atoms with Crippen molar-refractivity contribution in [2.75, 3.05) is 31.2 Å². The van der Waals surface area contributed by atoms with Crippen molar-refractivity contribution in [1.82, 2.24) is 10.6 Å². The molecule has 5 heteroatoms. The fraction of sp³-hybridized carbons (Fsp3) is 0.500. The molecule has 0 saturated carbocycles. The van der Waals surface area contributed by atoms with E-state index in [0.29, 0.717) is 0 Å². The van der Waals surface area contributed by atoms with Crippen LogP contribution in [0.2, 0.25) is 0 Å². The molecule has 3 rings (SSSR count). The third kappa shape index (κ3) is 4.05. The highest BCUT2D eigenvalue weighted by Gasteiger charge is 2.20. The van der Waals surface area contributed by atoms with Gasteiger partial charge in [-0.1, -0.05) is 30.4 Å². The summed E-state index contributed by atoms with van der Waals surface area (Å²) in [6.45, 7) is 5.33. The summed E-state index contributed by atoms with van der Waals surface area (Å²) in [5.41, 5.74) is 2.33. The Morgan fingerprint density at radius 1 is 1.22 bits per heavy atom. The second-order valence-corrected chi connectivity index (χ2v) is 6.14. The summed E-state index contributed by atoms with van der Waals surface area (Å²) in [4.78, 5) is 14.5. The Labute approximate surface area is 137 Å². The Morgan fingerprint density at radius 3 is 2.65 bits per heavy atom. The number of hydrogen-bond donors (Lipinski definition) is 2. The van der Waals surface area contributed by atoms with Crippen molar-refractivity contribution in [3.05, 3.63) is 42.0 Å². The molecule has 0 spiro atoms. The van der Waals surface area contributed by atoms with E-state index in [9.17, 15) is 4.79 Å². The average molecular weight is 315 g/mol. The van der Waals surface area contributed by atoms with Crippen molar-refractivity contribution >= 4 is 11.7 Å². The van der Waals surface area contributed by atoms with Crippen molar-refractivity contribution in [3.63, 3.8) is 0 Å². The Kier molecular flexibility index (Phi) is 5.18. The van der Waals surface area contributed by atoms with Crippen LogP contribution >= 0.6 is 0 Å². The minimum Gasteiger partial charge on any atom is -0.378 e. The van der Waals surface area contributed by atoms with Gasteiger partial charge in [0.25, 0.3) is 0 Å². The number of ether oxygens (including phenoxy) is 1. The molecule has 5 nitrogen and oxygen atoms in total. The van der Waals surface area contributed by atoms with Gasteiger partial charge in [-0.2, -0.15) is 0 Å². The molecule has 1 saturated heterocycles. The number of nitrogens with one attached hydrogen (secondary N) is 2. The van der Waals surface area contributed by atoms with Crippen LogP contribution in [0.3, 0.4) is 0 Å². The maximum Gasteiger partial charge on any atom is 0.315 e. The van der Waals surface area contributed by atoms with Gasteiger partial charge in [0.15, 0.2) is 0 Å². The lowest BCUT2D eigenvalue weighted by molar-refractivity contribution is 0.122. The number of anilines is 1. The van der Waals surface area contributed by atoms with E-state index in [0.717, 1.165) is 44.7 Å². The van der Waals surface area contributed by atoms with Crippen LogP contribution < -0.4 is 15.5 Å². The van der Waals surface area contributed by atoms with Gasteiger partial charge in [0.1, 0.15) is 0 Å². The van der Waals surface area contributed by atoms with Crippen LogP contribution in [-0.2, 0) is 4.74 Å². The van der Waals surface area contributed by atoms with Crippen LogP contribution in [0.4, 0.5) is 10.5 Å². The average Bonchev–Trinajstić information content (AvgIpc) is 3.08. The predicted octanol–water partition coefficient (Wildman–Crippen LogP) is 2.60. The van der Waals surface area contributed by atoms with E-state index in [1.54, 1.807) is 0 Å². The molecule has 2 N–H and O–H groups in total. The molecule has 1 aliphatic carbocycles. The van der Waals surface area contributed by atoms with Gasteiger partial charge in [0, 0.05) is 24.8 Å². The molecule has 23 heavy (non-hydrogen) atoms. The molecule has 0 unspecified atom stereocenters. The lowest BCUT2D eigenvalue weighted by Gasteiger charge is -2.32. The van der Waals surface area contributed by atoms with Gasteiger partial charge in [-0.15, -0.1) is 0 Å². The van der Waals surface area contributed by atoms with Crippen molar-refractivity contribution in [3.8, 4) is 0 Å². The summed E-state index contributed by atoms with van der Waals surface area (Å²) in [7, 11) is 0. The van der Waals surface area contributed by atoms with Crippen molar-refractivity contribution in [1.29, 1.82) is 0 Å². The molecule has 2 aliphatic rings. The highest BCUT2D eigenvalue weighted by molar-refractivity contribution is 5.75. The molecular weight excluding hydrogens is 290 g/mol. The fourth-order valence-corrected chi connectivity index (χ4v) is 3.18. The maximum absolute atomic E-state index is 12.2. The molecule has 1 aromatic rings. The summed E-state index contributed by atoms with van der Waals surface area (Å²) >= 11 is 0. The van der Waals surface area contributed by atoms with E-state index >= 15 is 0 Å². The van der Waals surface area contributed by atoms with Gasteiger partial charge in [-0.25, -0.2) is 4.79 Å². The van der Waals surface area contributed by atoms with Crippen LogP contribution in [0.25, 0.3) is 0 Å². The topological polar surface area (TPSA) is 53.6 Å². The van der Waals surface area contributed by atoms with E-state index < -0.39 is 0 Å². The monoisotopic (exact) mass is 315 g/mol. The SMILES string of the molecule is C[C@@H](NC(=O)NC1CC=CC1)c1ccccc1N1CCOCC1. The zero-order valence-electron chi connectivity index (χ0n) is 13.6.